The molecule has 2 aromatic rings. The normalized spacial score (nSPS) is 12.8. The van der Waals surface area contributed by atoms with Crippen LogP contribution in [0.5, 0.6) is 17.2 Å². The molecule has 1 amide bonds. The van der Waals surface area contributed by atoms with Crippen molar-refractivity contribution < 1.29 is 19.0 Å². The lowest BCUT2D eigenvalue weighted by molar-refractivity contribution is -0.128. The topological polar surface area (TPSA) is 56.8 Å². The van der Waals surface area contributed by atoms with Gasteiger partial charge in [-0.05, 0) is 50.1 Å². The quantitative estimate of drug-likeness (QED) is 0.774. The highest BCUT2D eigenvalue weighted by Crippen LogP contribution is 2.31. The summed E-state index contributed by atoms with van der Waals surface area (Å²) < 4.78 is 16.4. The number of hydrogen-bond donors (Lipinski definition) is 1. The highest BCUT2D eigenvalue weighted by atomic mass is 16.5. The Balaban J connectivity index is 2.06. The van der Waals surface area contributed by atoms with Gasteiger partial charge in [0.15, 0.2) is 17.6 Å². The van der Waals surface area contributed by atoms with Gasteiger partial charge in [0.05, 0.1) is 20.3 Å². The molecular formula is C21H27NO4. The van der Waals surface area contributed by atoms with E-state index < -0.39 is 6.10 Å². The number of aryl methyl sites for hydroxylation is 1. The van der Waals surface area contributed by atoms with Gasteiger partial charge < -0.3 is 19.5 Å². The molecule has 0 saturated heterocycles. The van der Waals surface area contributed by atoms with Gasteiger partial charge in [0.25, 0.3) is 5.91 Å². The van der Waals surface area contributed by atoms with Gasteiger partial charge in [-0.15, -0.1) is 0 Å². The molecule has 2 atom stereocenters. The van der Waals surface area contributed by atoms with Crippen LogP contribution in [0.25, 0.3) is 0 Å². The maximum atomic E-state index is 12.5. The van der Waals surface area contributed by atoms with Crippen LogP contribution in [-0.4, -0.2) is 26.2 Å². The molecule has 5 nitrogen and oxygen atoms in total. The van der Waals surface area contributed by atoms with Crippen LogP contribution in [0.15, 0.2) is 42.5 Å². The van der Waals surface area contributed by atoms with E-state index in [0.717, 1.165) is 17.5 Å². The van der Waals surface area contributed by atoms with Crippen LogP contribution < -0.4 is 19.5 Å². The van der Waals surface area contributed by atoms with E-state index in [1.54, 1.807) is 21.1 Å². The van der Waals surface area contributed by atoms with Crippen molar-refractivity contribution in [2.24, 2.45) is 0 Å². The maximum Gasteiger partial charge on any atom is 0.261 e. The third-order valence-electron chi connectivity index (χ3n) is 4.24. The molecule has 2 rings (SSSR count). The molecule has 0 aliphatic heterocycles. The van der Waals surface area contributed by atoms with Crippen LogP contribution in [-0.2, 0) is 4.79 Å². The Hall–Kier alpha value is -2.69. The van der Waals surface area contributed by atoms with Gasteiger partial charge in [-0.25, -0.2) is 0 Å². The average Bonchev–Trinajstić information content (AvgIpc) is 2.67. The van der Waals surface area contributed by atoms with Crippen LogP contribution in [0.4, 0.5) is 0 Å². The van der Waals surface area contributed by atoms with Gasteiger partial charge in [-0.1, -0.05) is 30.7 Å². The SMILES string of the molecule is CC[C@H](NC(=O)[C@H](C)Oc1ccc(C)cc1)c1ccc(OC)c(OC)c1. The first-order valence-electron chi connectivity index (χ1n) is 8.74. The summed E-state index contributed by atoms with van der Waals surface area (Å²) in [6.45, 7) is 5.78. The maximum absolute atomic E-state index is 12.5. The van der Waals surface area contributed by atoms with Crippen LogP contribution in [0, 0.1) is 6.92 Å². The molecular weight excluding hydrogens is 330 g/mol. The number of hydrogen-bond acceptors (Lipinski definition) is 4. The molecule has 140 valence electrons. The van der Waals surface area contributed by atoms with E-state index in [0.29, 0.717) is 17.2 Å². The number of methoxy groups -OCH3 is 2. The van der Waals surface area contributed by atoms with Crippen LogP contribution in [0.1, 0.15) is 37.4 Å². The Kier molecular flexibility index (Phi) is 6.89. The minimum atomic E-state index is -0.591. The van der Waals surface area contributed by atoms with Crippen LogP contribution in [0.3, 0.4) is 0 Å². The largest absolute Gasteiger partial charge is 0.493 e. The number of ether oxygens (including phenoxy) is 3. The summed E-state index contributed by atoms with van der Waals surface area (Å²) in [5.74, 6) is 1.82. The first-order chi connectivity index (χ1) is 12.5. The fourth-order valence-electron chi connectivity index (χ4n) is 2.65. The van der Waals surface area contributed by atoms with E-state index in [1.807, 2.05) is 56.3 Å². The number of rotatable bonds is 8. The lowest BCUT2D eigenvalue weighted by Crippen LogP contribution is -2.38. The number of carbonyl (C=O) groups excluding carboxylic acids is 1. The summed E-state index contributed by atoms with van der Waals surface area (Å²) in [5.41, 5.74) is 2.11. The highest BCUT2D eigenvalue weighted by molar-refractivity contribution is 5.81. The second-order valence-electron chi connectivity index (χ2n) is 6.16. The standard InChI is InChI=1S/C21H27NO4/c1-6-18(16-9-12-19(24-4)20(13-16)25-5)22-21(23)15(3)26-17-10-7-14(2)8-11-17/h7-13,15,18H,6H2,1-5H3,(H,22,23)/t15-,18-/m0/s1. The number of benzene rings is 2. The summed E-state index contributed by atoms with van der Waals surface area (Å²) in [5, 5.41) is 3.04. The number of nitrogens with one attached hydrogen (secondary N) is 1. The molecule has 0 fully saturated rings. The molecule has 0 saturated carbocycles. The van der Waals surface area contributed by atoms with Crippen molar-refractivity contribution in [3.8, 4) is 17.2 Å². The van der Waals surface area contributed by atoms with Gasteiger partial charge in [-0.2, -0.15) is 0 Å². The van der Waals surface area contributed by atoms with Gasteiger partial charge >= 0.3 is 0 Å². The second-order valence-corrected chi connectivity index (χ2v) is 6.16. The average molecular weight is 357 g/mol. The molecule has 0 heterocycles. The zero-order valence-corrected chi connectivity index (χ0v) is 16.0. The highest BCUT2D eigenvalue weighted by Gasteiger charge is 2.20. The fourth-order valence-corrected chi connectivity index (χ4v) is 2.65. The van der Waals surface area contributed by atoms with E-state index >= 15 is 0 Å². The fraction of sp³-hybridized carbons (Fsp3) is 0.381. The Morgan fingerprint density at radius 1 is 1.04 bits per heavy atom. The summed E-state index contributed by atoms with van der Waals surface area (Å²) in [4.78, 5) is 12.5. The molecule has 0 spiro atoms. The molecule has 5 heteroatoms. The van der Waals surface area contributed by atoms with Crippen LogP contribution in [0.2, 0.25) is 0 Å². The minimum absolute atomic E-state index is 0.133. The Labute approximate surface area is 155 Å². The summed E-state index contributed by atoms with van der Waals surface area (Å²) >= 11 is 0. The number of carbonyl (C=O) groups is 1. The monoisotopic (exact) mass is 357 g/mol. The van der Waals surface area contributed by atoms with Crippen molar-refractivity contribution in [1.82, 2.24) is 5.32 Å². The second kappa shape index (κ2) is 9.13. The first-order valence-corrected chi connectivity index (χ1v) is 8.74. The van der Waals surface area contributed by atoms with Gasteiger partial charge in [0, 0.05) is 0 Å². The number of amides is 1. The first kappa shape index (κ1) is 19.6. The molecule has 0 radical (unpaired) electrons. The molecule has 26 heavy (non-hydrogen) atoms. The van der Waals surface area contributed by atoms with Crippen molar-refractivity contribution >= 4 is 5.91 Å². The third kappa shape index (κ3) is 4.91. The Bertz CT molecular complexity index is 727. The Morgan fingerprint density at radius 3 is 2.27 bits per heavy atom. The molecule has 0 aliphatic carbocycles. The van der Waals surface area contributed by atoms with E-state index in [-0.39, 0.29) is 11.9 Å². The molecule has 0 aliphatic rings. The molecule has 0 bridgehead atoms. The smallest absolute Gasteiger partial charge is 0.261 e. The van der Waals surface area contributed by atoms with Crippen molar-refractivity contribution in [1.29, 1.82) is 0 Å². The van der Waals surface area contributed by atoms with Crippen molar-refractivity contribution in [2.75, 3.05) is 14.2 Å². The van der Waals surface area contributed by atoms with Gasteiger partial charge in [0.2, 0.25) is 0 Å². The zero-order valence-electron chi connectivity index (χ0n) is 16.0. The van der Waals surface area contributed by atoms with Crippen molar-refractivity contribution in [3.63, 3.8) is 0 Å². The summed E-state index contributed by atoms with van der Waals surface area (Å²) in [7, 11) is 3.19. The lowest BCUT2D eigenvalue weighted by atomic mass is 10.0. The zero-order chi connectivity index (χ0) is 19.1. The summed E-state index contributed by atoms with van der Waals surface area (Å²) in [6.07, 6.45) is 0.158. The predicted molar refractivity (Wildman–Crippen MR) is 102 cm³/mol. The van der Waals surface area contributed by atoms with Gasteiger partial charge in [0.1, 0.15) is 5.75 Å². The van der Waals surface area contributed by atoms with Crippen molar-refractivity contribution in [2.45, 2.75) is 39.3 Å². The molecule has 2 aromatic carbocycles. The molecule has 0 unspecified atom stereocenters. The molecule has 0 aromatic heterocycles. The summed E-state index contributed by atoms with van der Waals surface area (Å²) in [6, 6.07) is 13.2. The van der Waals surface area contributed by atoms with E-state index in [1.165, 1.54) is 0 Å². The Morgan fingerprint density at radius 2 is 1.69 bits per heavy atom. The molecule has 1 N–H and O–H groups in total. The third-order valence-corrected chi connectivity index (χ3v) is 4.24. The van der Waals surface area contributed by atoms with E-state index in [9.17, 15) is 4.79 Å². The van der Waals surface area contributed by atoms with Crippen molar-refractivity contribution in [3.05, 3.63) is 53.6 Å². The lowest BCUT2D eigenvalue weighted by Gasteiger charge is -2.22. The van der Waals surface area contributed by atoms with Gasteiger partial charge in [-0.3, -0.25) is 4.79 Å². The van der Waals surface area contributed by atoms with Crippen LogP contribution >= 0.6 is 0 Å². The van der Waals surface area contributed by atoms with E-state index in [2.05, 4.69) is 5.32 Å². The predicted octanol–water partition coefficient (Wildman–Crippen LogP) is 4.05. The minimum Gasteiger partial charge on any atom is -0.493 e. The van der Waals surface area contributed by atoms with E-state index in [4.69, 9.17) is 14.2 Å².